The zero-order valence-electron chi connectivity index (χ0n) is 10.8. The molecule has 0 unspecified atom stereocenters. The molecule has 0 aliphatic heterocycles. The van der Waals surface area contributed by atoms with Crippen molar-refractivity contribution in [2.24, 2.45) is 0 Å². The van der Waals surface area contributed by atoms with E-state index in [1.807, 2.05) is 6.07 Å². The molecule has 0 aromatic heterocycles. The van der Waals surface area contributed by atoms with E-state index in [0.717, 1.165) is 25.7 Å². The van der Waals surface area contributed by atoms with E-state index in [2.05, 4.69) is 29.0 Å². The molecular formula is C14H21NO2S. The maximum atomic E-state index is 11.5. The Labute approximate surface area is 110 Å². The van der Waals surface area contributed by atoms with E-state index in [1.165, 1.54) is 5.56 Å². The molecule has 1 aromatic rings. The molecular weight excluding hydrogens is 246 g/mol. The van der Waals surface area contributed by atoms with Crippen LogP contribution in [0.4, 0.5) is 0 Å². The lowest BCUT2D eigenvalue weighted by Crippen LogP contribution is -2.38. The van der Waals surface area contributed by atoms with Crippen molar-refractivity contribution in [2.45, 2.75) is 44.6 Å². The minimum Gasteiger partial charge on any atom is -0.212 e. The van der Waals surface area contributed by atoms with Crippen LogP contribution >= 0.6 is 0 Å². The zero-order chi connectivity index (χ0) is 13.0. The molecule has 100 valence electrons. The summed E-state index contributed by atoms with van der Waals surface area (Å²) in [7, 11) is -3.05. The first kappa shape index (κ1) is 13.6. The molecule has 0 atom stereocenters. The molecule has 3 nitrogen and oxygen atoms in total. The summed E-state index contributed by atoms with van der Waals surface area (Å²) in [5, 5.41) is 0. The van der Waals surface area contributed by atoms with Gasteiger partial charge in [-0.05, 0) is 44.1 Å². The second-order valence-electron chi connectivity index (χ2n) is 4.98. The minimum absolute atomic E-state index is 0.134. The van der Waals surface area contributed by atoms with Gasteiger partial charge in [0.1, 0.15) is 0 Å². The summed E-state index contributed by atoms with van der Waals surface area (Å²) in [4.78, 5) is 0. The summed E-state index contributed by atoms with van der Waals surface area (Å²) in [5.41, 5.74) is 1.38. The van der Waals surface area contributed by atoms with Gasteiger partial charge in [0.25, 0.3) is 0 Å². The molecule has 1 aliphatic carbocycles. The summed E-state index contributed by atoms with van der Waals surface area (Å²) in [5.74, 6) is 0.764. The predicted molar refractivity (Wildman–Crippen MR) is 74.0 cm³/mol. The summed E-state index contributed by atoms with van der Waals surface area (Å²) < 4.78 is 25.8. The van der Waals surface area contributed by atoms with E-state index in [1.54, 1.807) is 6.92 Å². The Hall–Kier alpha value is -0.870. The van der Waals surface area contributed by atoms with Gasteiger partial charge in [-0.1, -0.05) is 30.3 Å². The van der Waals surface area contributed by atoms with Crippen molar-refractivity contribution in [1.82, 2.24) is 4.72 Å². The molecule has 1 aromatic carbocycles. The lowest BCUT2D eigenvalue weighted by Gasteiger charge is -2.29. The summed E-state index contributed by atoms with van der Waals surface area (Å²) in [6, 6.07) is 10.6. The Bertz CT molecular complexity index is 462. The van der Waals surface area contributed by atoms with Crippen molar-refractivity contribution in [2.75, 3.05) is 5.75 Å². The lowest BCUT2D eigenvalue weighted by atomic mass is 9.82. The smallest absolute Gasteiger partial charge is 0.211 e. The third-order valence-electron chi connectivity index (χ3n) is 3.72. The SMILES string of the molecule is CCS(=O)(=O)NC1CCC(c2ccccc2)CC1. The van der Waals surface area contributed by atoms with E-state index in [4.69, 9.17) is 0 Å². The molecule has 1 saturated carbocycles. The van der Waals surface area contributed by atoms with Crippen LogP contribution in [-0.2, 0) is 10.0 Å². The fourth-order valence-electron chi connectivity index (χ4n) is 2.61. The number of benzene rings is 1. The maximum absolute atomic E-state index is 11.5. The molecule has 4 heteroatoms. The highest BCUT2D eigenvalue weighted by Gasteiger charge is 2.24. The normalized spacial score (nSPS) is 24.9. The van der Waals surface area contributed by atoms with Crippen LogP contribution in [0, 0.1) is 0 Å². The van der Waals surface area contributed by atoms with Crippen molar-refractivity contribution < 1.29 is 8.42 Å². The summed E-state index contributed by atoms with van der Waals surface area (Å²) in [6.07, 6.45) is 4.03. The first-order chi connectivity index (χ1) is 8.61. The largest absolute Gasteiger partial charge is 0.212 e. The molecule has 1 fully saturated rings. The van der Waals surface area contributed by atoms with Crippen LogP contribution in [0.2, 0.25) is 0 Å². The molecule has 0 spiro atoms. The molecule has 0 amide bonds. The maximum Gasteiger partial charge on any atom is 0.211 e. The van der Waals surface area contributed by atoms with Gasteiger partial charge in [0, 0.05) is 6.04 Å². The van der Waals surface area contributed by atoms with Gasteiger partial charge in [-0.3, -0.25) is 0 Å². The predicted octanol–water partition coefficient (Wildman–Crippen LogP) is 2.65. The van der Waals surface area contributed by atoms with Gasteiger partial charge in [-0.2, -0.15) is 0 Å². The van der Waals surface area contributed by atoms with Gasteiger partial charge in [0.2, 0.25) is 10.0 Å². The third-order valence-corrected chi connectivity index (χ3v) is 5.18. The highest BCUT2D eigenvalue weighted by atomic mass is 32.2. The van der Waals surface area contributed by atoms with Gasteiger partial charge < -0.3 is 0 Å². The van der Waals surface area contributed by atoms with Crippen LogP contribution in [0.3, 0.4) is 0 Å². The van der Waals surface area contributed by atoms with Gasteiger partial charge in [0.05, 0.1) is 5.75 Å². The average Bonchev–Trinajstić information content (AvgIpc) is 2.40. The summed E-state index contributed by atoms with van der Waals surface area (Å²) >= 11 is 0. The quantitative estimate of drug-likeness (QED) is 0.911. The van der Waals surface area contributed by atoms with Crippen LogP contribution < -0.4 is 4.72 Å². The standard InChI is InChI=1S/C14H21NO2S/c1-2-18(16,17)15-14-10-8-13(9-11-14)12-6-4-3-5-7-12/h3-7,13-15H,2,8-11H2,1H3. The van der Waals surface area contributed by atoms with Crippen molar-refractivity contribution in [3.63, 3.8) is 0 Å². The van der Waals surface area contributed by atoms with Crippen LogP contribution in [0.15, 0.2) is 30.3 Å². The van der Waals surface area contributed by atoms with Crippen LogP contribution in [0.1, 0.15) is 44.1 Å². The Kier molecular flexibility index (Phi) is 4.40. The van der Waals surface area contributed by atoms with E-state index in [0.29, 0.717) is 5.92 Å². The Balaban J connectivity index is 1.89. The van der Waals surface area contributed by atoms with Gasteiger partial charge >= 0.3 is 0 Å². The number of hydrogen-bond acceptors (Lipinski definition) is 2. The average molecular weight is 267 g/mol. The second-order valence-corrected chi connectivity index (χ2v) is 7.02. The Morgan fingerprint density at radius 2 is 1.72 bits per heavy atom. The number of rotatable bonds is 4. The molecule has 1 N–H and O–H groups in total. The first-order valence-corrected chi connectivity index (χ1v) is 8.31. The monoisotopic (exact) mass is 267 g/mol. The molecule has 18 heavy (non-hydrogen) atoms. The van der Waals surface area contributed by atoms with Crippen LogP contribution in [0.25, 0.3) is 0 Å². The molecule has 0 radical (unpaired) electrons. The Morgan fingerprint density at radius 1 is 1.11 bits per heavy atom. The number of hydrogen-bond donors (Lipinski definition) is 1. The number of sulfonamides is 1. The van der Waals surface area contributed by atoms with Crippen LogP contribution in [0.5, 0.6) is 0 Å². The Morgan fingerprint density at radius 3 is 2.28 bits per heavy atom. The molecule has 0 heterocycles. The highest BCUT2D eigenvalue weighted by molar-refractivity contribution is 7.89. The fraction of sp³-hybridized carbons (Fsp3) is 0.571. The fourth-order valence-corrected chi connectivity index (χ4v) is 3.52. The minimum atomic E-state index is -3.05. The molecule has 2 rings (SSSR count). The topological polar surface area (TPSA) is 46.2 Å². The van der Waals surface area contributed by atoms with Crippen molar-refractivity contribution in [3.05, 3.63) is 35.9 Å². The van der Waals surface area contributed by atoms with Gasteiger partial charge in [-0.25, -0.2) is 13.1 Å². The van der Waals surface area contributed by atoms with E-state index >= 15 is 0 Å². The zero-order valence-corrected chi connectivity index (χ0v) is 11.6. The van der Waals surface area contributed by atoms with Crippen LogP contribution in [-0.4, -0.2) is 20.2 Å². The third kappa shape index (κ3) is 3.56. The second kappa shape index (κ2) is 5.85. The van der Waals surface area contributed by atoms with Gasteiger partial charge in [0.15, 0.2) is 0 Å². The molecule has 1 aliphatic rings. The molecule has 0 bridgehead atoms. The van der Waals surface area contributed by atoms with E-state index in [9.17, 15) is 8.42 Å². The van der Waals surface area contributed by atoms with Crippen molar-refractivity contribution in [3.8, 4) is 0 Å². The molecule has 0 saturated heterocycles. The highest BCUT2D eigenvalue weighted by Crippen LogP contribution is 2.32. The van der Waals surface area contributed by atoms with Gasteiger partial charge in [-0.15, -0.1) is 0 Å². The number of nitrogens with one attached hydrogen (secondary N) is 1. The van der Waals surface area contributed by atoms with Crippen molar-refractivity contribution >= 4 is 10.0 Å². The van der Waals surface area contributed by atoms with E-state index in [-0.39, 0.29) is 11.8 Å². The lowest BCUT2D eigenvalue weighted by molar-refractivity contribution is 0.374. The van der Waals surface area contributed by atoms with E-state index < -0.39 is 10.0 Å². The first-order valence-electron chi connectivity index (χ1n) is 6.65. The summed E-state index contributed by atoms with van der Waals surface area (Å²) in [6.45, 7) is 1.68. The van der Waals surface area contributed by atoms with Crippen molar-refractivity contribution in [1.29, 1.82) is 0 Å².